The summed E-state index contributed by atoms with van der Waals surface area (Å²) >= 11 is 0. The van der Waals surface area contributed by atoms with Crippen LogP contribution in [0.2, 0.25) is 0 Å². The normalized spacial score (nSPS) is 22.2. The number of carbonyl (C=O) groups excluding carboxylic acids is 2. The van der Waals surface area contributed by atoms with E-state index in [-0.39, 0.29) is 24.9 Å². The van der Waals surface area contributed by atoms with Crippen molar-refractivity contribution in [3.8, 4) is 0 Å². The molecule has 1 fully saturated rings. The van der Waals surface area contributed by atoms with Gasteiger partial charge in [0.2, 0.25) is 11.8 Å². The molecule has 1 atom stereocenters. The fourth-order valence-corrected chi connectivity index (χ4v) is 1.89. The number of primary amides is 1. The molecule has 0 radical (unpaired) electrons. The Morgan fingerprint density at radius 3 is 2.67 bits per heavy atom. The fraction of sp³-hybridized carbons (Fsp3) is 0.800. The Labute approximate surface area is 89.2 Å². The lowest BCUT2D eigenvalue weighted by atomic mass is 9.99. The molecule has 0 aliphatic carbocycles. The van der Waals surface area contributed by atoms with Gasteiger partial charge in [0.25, 0.3) is 0 Å². The summed E-state index contributed by atoms with van der Waals surface area (Å²) in [6.07, 6.45) is 0.703. The number of rotatable bonds is 4. The number of likely N-dealkylation sites (tertiary alicyclic amines) is 1. The Hall–Kier alpha value is -1.10. The van der Waals surface area contributed by atoms with E-state index in [9.17, 15) is 9.59 Å². The molecule has 1 saturated heterocycles. The lowest BCUT2D eigenvalue weighted by molar-refractivity contribution is -0.132. The summed E-state index contributed by atoms with van der Waals surface area (Å²) in [5.41, 5.74) is 4.77. The molecule has 0 saturated carbocycles. The minimum absolute atomic E-state index is 0.0258. The quantitative estimate of drug-likeness (QED) is 0.660. The van der Waals surface area contributed by atoms with Crippen LogP contribution in [0.4, 0.5) is 0 Å². The van der Waals surface area contributed by atoms with Crippen LogP contribution in [0.25, 0.3) is 0 Å². The molecule has 1 rings (SSSR count). The predicted octanol–water partition coefficient (Wildman–Crippen LogP) is -0.519. The van der Waals surface area contributed by atoms with Crippen LogP contribution in [0, 0.1) is 5.92 Å². The van der Waals surface area contributed by atoms with Crippen molar-refractivity contribution in [2.24, 2.45) is 11.7 Å². The average Bonchev–Trinajstić information content (AvgIpc) is 2.47. The van der Waals surface area contributed by atoms with Crippen molar-refractivity contribution >= 4 is 11.8 Å². The highest BCUT2D eigenvalue weighted by Gasteiger charge is 2.40. The van der Waals surface area contributed by atoms with E-state index in [0.29, 0.717) is 13.0 Å². The maximum atomic E-state index is 11.6. The molecular weight excluding hydrogens is 196 g/mol. The second kappa shape index (κ2) is 4.18. The van der Waals surface area contributed by atoms with Gasteiger partial charge in [-0.3, -0.25) is 9.59 Å². The molecule has 1 unspecified atom stereocenters. The van der Waals surface area contributed by atoms with Crippen molar-refractivity contribution in [1.82, 2.24) is 4.90 Å². The molecule has 5 nitrogen and oxygen atoms in total. The van der Waals surface area contributed by atoms with E-state index >= 15 is 0 Å². The van der Waals surface area contributed by atoms with Crippen LogP contribution < -0.4 is 5.73 Å². The van der Waals surface area contributed by atoms with Crippen LogP contribution in [0.1, 0.15) is 26.7 Å². The van der Waals surface area contributed by atoms with Gasteiger partial charge in [-0.25, -0.2) is 0 Å². The first kappa shape index (κ1) is 12.0. The van der Waals surface area contributed by atoms with Crippen molar-refractivity contribution in [2.75, 3.05) is 13.2 Å². The summed E-state index contributed by atoms with van der Waals surface area (Å²) in [6.45, 7) is 4.16. The van der Waals surface area contributed by atoms with E-state index in [0.717, 1.165) is 0 Å². The largest absolute Gasteiger partial charge is 0.396 e. The van der Waals surface area contributed by atoms with Crippen molar-refractivity contribution in [2.45, 2.75) is 32.2 Å². The molecule has 0 bridgehead atoms. The number of aliphatic hydroxyl groups excluding tert-OH is 1. The van der Waals surface area contributed by atoms with Crippen LogP contribution in [0.15, 0.2) is 0 Å². The number of nitrogens with zero attached hydrogens (tertiary/aromatic N) is 1. The van der Waals surface area contributed by atoms with Gasteiger partial charge in [0.15, 0.2) is 0 Å². The molecule has 15 heavy (non-hydrogen) atoms. The van der Waals surface area contributed by atoms with E-state index < -0.39 is 11.4 Å². The third kappa shape index (κ3) is 2.47. The summed E-state index contributed by atoms with van der Waals surface area (Å²) in [7, 11) is 0. The van der Waals surface area contributed by atoms with Crippen LogP contribution in [-0.4, -0.2) is 40.5 Å². The second-order valence-corrected chi connectivity index (χ2v) is 4.59. The Balaban J connectivity index is 2.72. The Kier molecular flexibility index (Phi) is 3.34. The van der Waals surface area contributed by atoms with Gasteiger partial charge >= 0.3 is 0 Å². The zero-order valence-electron chi connectivity index (χ0n) is 9.19. The SMILES string of the molecule is CC(C)(CCO)N1CC(C(N)=O)CC1=O. The number of hydrogen-bond donors (Lipinski definition) is 2. The Morgan fingerprint density at radius 2 is 2.27 bits per heavy atom. The zero-order valence-corrected chi connectivity index (χ0v) is 9.19. The summed E-state index contributed by atoms with van der Waals surface area (Å²) in [6, 6.07) is 0. The Bertz CT molecular complexity index is 276. The fourth-order valence-electron chi connectivity index (χ4n) is 1.89. The molecule has 0 aromatic rings. The number of nitrogens with two attached hydrogens (primary N) is 1. The highest BCUT2D eigenvalue weighted by molar-refractivity contribution is 5.88. The maximum Gasteiger partial charge on any atom is 0.223 e. The summed E-state index contributed by atoms with van der Waals surface area (Å²) in [4.78, 5) is 24.3. The molecule has 2 amide bonds. The highest BCUT2D eigenvalue weighted by atomic mass is 16.3. The maximum absolute atomic E-state index is 11.6. The van der Waals surface area contributed by atoms with E-state index in [1.54, 1.807) is 4.90 Å². The molecule has 3 N–H and O–H groups in total. The summed E-state index contributed by atoms with van der Waals surface area (Å²) in [5.74, 6) is -0.863. The Morgan fingerprint density at radius 1 is 1.67 bits per heavy atom. The minimum atomic E-state index is -0.425. The van der Waals surface area contributed by atoms with Crippen molar-refractivity contribution in [3.63, 3.8) is 0 Å². The predicted molar refractivity (Wildman–Crippen MR) is 54.8 cm³/mol. The number of aliphatic hydroxyl groups is 1. The van der Waals surface area contributed by atoms with Gasteiger partial charge in [0, 0.05) is 25.1 Å². The van der Waals surface area contributed by atoms with Gasteiger partial charge in [-0.1, -0.05) is 0 Å². The first-order valence-corrected chi connectivity index (χ1v) is 5.09. The number of carbonyl (C=O) groups is 2. The van der Waals surface area contributed by atoms with Crippen LogP contribution in [0.5, 0.6) is 0 Å². The van der Waals surface area contributed by atoms with Gasteiger partial charge in [-0.2, -0.15) is 0 Å². The average molecular weight is 214 g/mol. The number of amides is 2. The lowest BCUT2D eigenvalue weighted by Crippen LogP contribution is -2.46. The van der Waals surface area contributed by atoms with Crippen molar-refractivity contribution in [3.05, 3.63) is 0 Å². The first-order chi connectivity index (χ1) is 6.88. The molecular formula is C10H18N2O3. The topological polar surface area (TPSA) is 83.6 Å². The van der Waals surface area contributed by atoms with Gasteiger partial charge in [-0.15, -0.1) is 0 Å². The zero-order chi connectivity index (χ0) is 11.6. The van der Waals surface area contributed by atoms with E-state index in [1.807, 2.05) is 13.8 Å². The van der Waals surface area contributed by atoms with Gasteiger partial charge in [-0.05, 0) is 20.3 Å². The summed E-state index contributed by atoms with van der Waals surface area (Å²) in [5, 5.41) is 8.89. The number of hydrogen-bond acceptors (Lipinski definition) is 3. The van der Waals surface area contributed by atoms with Crippen molar-refractivity contribution < 1.29 is 14.7 Å². The first-order valence-electron chi connectivity index (χ1n) is 5.09. The molecule has 0 aromatic heterocycles. The molecule has 1 heterocycles. The third-order valence-electron chi connectivity index (χ3n) is 2.98. The summed E-state index contributed by atoms with van der Waals surface area (Å²) < 4.78 is 0. The van der Waals surface area contributed by atoms with E-state index in [2.05, 4.69) is 0 Å². The molecule has 86 valence electrons. The monoisotopic (exact) mass is 214 g/mol. The van der Waals surface area contributed by atoms with E-state index in [1.165, 1.54) is 0 Å². The highest BCUT2D eigenvalue weighted by Crippen LogP contribution is 2.27. The van der Waals surface area contributed by atoms with Gasteiger partial charge in [0.05, 0.1) is 5.92 Å². The van der Waals surface area contributed by atoms with Gasteiger partial charge < -0.3 is 15.7 Å². The molecule has 0 spiro atoms. The van der Waals surface area contributed by atoms with Crippen LogP contribution in [-0.2, 0) is 9.59 Å². The third-order valence-corrected chi connectivity index (χ3v) is 2.98. The molecule has 0 aromatic carbocycles. The standard InChI is InChI=1S/C10H18N2O3/c1-10(2,3-4-13)12-6-7(9(11)15)5-8(12)14/h7,13H,3-6H2,1-2H3,(H2,11,15). The van der Waals surface area contributed by atoms with Crippen LogP contribution >= 0.6 is 0 Å². The minimum Gasteiger partial charge on any atom is -0.396 e. The van der Waals surface area contributed by atoms with E-state index in [4.69, 9.17) is 10.8 Å². The molecule has 1 aliphatic rings. The lowest BCUT2D eigenvalue weighted by Gasteiger charge is -2.35. The molecule has 5 heteroatoms. The van der Waals surface area contributed by atoms with Gasteiger partial charge in [0.1, 0.15) is 0 Å². The van der Waals surface area contributed by atoms with Crippen LogP contribution in [0.3, 0.4) is 0 Å². The molecule has 1 aliphatic heterocycles. The smallest absolute Gasteiger partial charge is 0.223 e. The second-order valence-electron chi connectivity index (χ2n) is 4.59. The van der Waals surface area contributed by atoms with Crippen molar-refractivity contribution in [1.29, 1.82) is 0 Å².